The number of halogens is 1. The number of carbonyl (C=O) groups is 13. The molecule has 0 saturated carbocycles. The van der Waals surface area contributed by atoms with E-state index in [2.05, 4.69) is 63.8 Å². The van der Waals surface area contributed by atoms with Gasteiger partial charge in [-0.15, -0.1) is 0 Å². The van der Waals surface area contributed by atoms with E-state index in [1.807, 2.05) is 101 Å². The fourth-order valence-electron chi connectivity index (χ4n) is 11.9. The number of nitriles is 1. The van der Waals surface area contributed by atoms with Crippen LogP contribution in [0.25, 0.3) is 0 Å². The molecule has 15 amide bonds. The number of amides is 15. The minimum Gasteiger partial charge on any atom is -0.508 e. The zero-order valence-corrected chi connectivity index (χ0v) is 66.5. The van der Waals surface area contributed by atoms with Gasteiger partial charge in [-0.2, -0.15) is 20.0 Å². The molecule has 29 heteroatoms. The lowest BCUT2D eigenvalue weighted by molar-refractivity contribution is -0.152. The van der Waals surface area contributed by atoms with Crippen LogP contribution in [0.1, 0.15) is 180 Å². The zero-order chi connectivity index (χ0) is 81.3. The number of nitrogens with zero attached hydrogens (tertiary/aromatic N) is 9. The van der Waals surface area contributed by atoms with Crippen LogP contribution in [0.5, 0.6) is 5.75 Å². The maximum absolute atomic E-state index is 13.0. The molecular weight excluding hydrogens is 1470 g/mol. The largest absolute Gasteiger partial charge is 0.508 e. The number of aldehydes is 1. The van der Waals surface area contributed by atoms with Crippen molar-refractivity contribution in [1.29, 1.82) is 5.26 Å². The van der Waals surface area contributed by atoms with Crippen molar-refractivity contribution >= 4 is 94.0 Å². The Balaban J connectivity index is 0.000000215. The van der Waals surface area contributed by atoms with Gasteiger partial charge in [0.15, 0.2) is 0 Å². The van der Waals surface area contributed by atoms with Gasteiger partial charge in [-0.25, -0.2) is 28.8 Å². The number of carbonyl (C=O) groups excluding carboxylic acids is 13. The highest BCUT2D eigenvalue weighted by atomic mass is 79.9. The predicted octanol–water partition coefficient (Wildman–Crippen LogP) is 12.2. The van der Waals surface area contributed by atoms with Gasteiger partial charge < -0.3 is 54.5 Å². The first-order valence-corrected chi connectivity index (χ1v) is 36.5. The first-order valence-electron chi connectivity index (χ1n) is 35.6. The van der Waals surface area contributed by atoms with Crippen LogP contribution in [0, 0.1) is 39.0 Å². The number of urea groups is 3. The summed E-state index contributed by atoms with van der Waals surface area (Å²) in [5.41, 5.74) is 7.05. The Morgan fingerprint density at radius 2 is 0.835 bits per heavy atom. The molecule has 584 valence electrons. The van der Waals surface area contributed by atoms with E-state index in [0.717, 1.165) is 34.1 Å². The number of nitrogens with one attached hydrogen (secondary N) is 2. The Hall–Kier alpha value is -10.9. The molecule has 5 aromatic rings. The van der Waals surface area contributed by atoms with E-state index in [1.165, 1.54) is 49.1 Å². The fraction of sp³-hybridized carbons (Fsp3) is 0.450. The summed E-state index contributed by atoms with van der Waals surface area (Å²) >= 11 is 3.12. The number of hydrogen-bond acceptors (Lipinski definition) is 19. The lowest BCUT2D eigenvalue weighted by Gasteiger charge is -2.34. The molecule has 6 saturated heterocycles. The Bertz CT molecular complexity index is 4030. The summed E-state index contributed by atoms with van der Waals surface area (Å²) in [5.74, 6) is -3.62. The van der Waals surface area contributed by atoms with E-state index in [9.17, 15) is 67.4 Å². The maximum Gasteiger partial charge on any atom is 0.424 e. The summed E-state index contributed by atoms with van der Waals surface area (Å²) in [6, 6.07) is 37.3. The van der Waals surface area contributed by atoms with Crippen molar-refractivity contribution in [2.24, 2.45) is 0 Å². The Morgan fingerprint density at radius 3 is 1.17 bits per heavy atom. The molecule has 5 aromatic carbocycles. The van der Waals surface area contributed by atoms with Crippen molar-refractivity contribution in [2.75, 3.05) is 47.8 Å². The summed E-state index contributed by atoms with van der Waals surface area (Å²) in [6.07, 6.45) is -1.18. The van der Waals surface area contributed by atoms with E-state index in [4.69, 9.17) is 19.5 Å². The van der Waals surface area contributed by atoms with E-state index in [1.54, 1.807) is 105 Å². The van der Waals surface area contributed by atoms with Crippen LogP contribution in [0.3, 0.4) is 0 Å². The van der Waals surface area contributed by atoms with Crippen LogP contribution >= 0.6 is 15.9 Å². The van der Waals surface area contributed by atoms with E-state index in [0.29, 0.717) is 34.2 Å². The third-order valence-corrected chi connectivity index (χ3v) is 18.7. The van der Waals surface area contributed by atoms with Gasteiger partial charge in [0.1, 0.15) is 47.0 Å². The van der Waals surface area contributed by atoms with Crippen LogP contribution in [-0.2, 0) is 43.0 Å². The fourth-order valence-corrected chi connectivity index (χ4v) is 12.3. The highest BCUT2D eigenvalue weighted by Gasteiger charge is 2.51. The molecule has 3 N–H and O–H groups in total. The van der Waals surface area contributed by atoms with Crippen LogP contribution < -0.4 is 10.6 Å². The average Bonchev–Trinajstić information content (AvgIpc) is 1.65. The molecule has 6 heterocycles. The number of ether oxygens (including phenoxy) is 3. The summed E-state index contributed by atoms with van der Waals surface area (Å²) < 4.78 is 15.4. The minimum absolute atomic E-state index is 0.00164. The van der Waals surface area contributed by atoms with E-state index >= 15 is 0 Å². The number of phenols is 1. The SMILES string of the molecule is CC(C)(C)OC(=O)N1C(=O)CCC(Br)C1=O.CN1C(=O)N(C2CCC(=O)N(C(=O)OC(C)(C)C)C2=O)CC1c1ccc(O)cc1.CNC(C#N)c1ccc(C)cc1.Cc1ccc(C2CN(C3CCC(=O)N(C(=O)OC(C)(C)C)C3=O)C(=O)N2C)cc1.Cc1ccc(C2CNC(=O)N2C)cc1.Cc1ccc(C=O)cc1. The summed E-state index contributed by atoms with van der Waals surface area (Å²) in [4.78, 5) is 166. The number of hydrogen-bond donors (Lipinski definition) is 3. The first-order chi connectivity index (χ1) is 51.0. The van der Waals surface area contributed by atoms with Crippen LogP contribution in [0.2, 0.25) is 0 Å². The van der Waals surface area contributed by atoms with Gasteiger partial charge in [0.05, 0.1) is 29.0 Å². The minimum atomic E-state index is -1.02. The molecule has 28 nitrogen and oxygen atoms in total. The molecule has 6 fully saturated rings. The van der Waals surface area contributed by atoms with Gasteiger partial charge in [0, 0.05) is 65.6 Å². The van der Waals surface area contributed by atoms with Crippen molar-refractivity contribution in [2.45, 2.75) is 186 Å². The number of phenolic OH excluding ortho intramolecular Hbond substituents is 1. The highest BCUT2D eigenvalue weighted by molar-refractivity contribution is 9.10. The number of alkyl halides is 1. The number of piperidine rings is 3. The van der Waals surface area contributed by atoms with Gasteiger partial charge in [0.25, 0.3) is 17.7 Å². The second-order valence-corrected chi connectivity index (χ2v) is 31.0. The second kappa shape index (κ2) is 37.8. The zero-order valence-electron chi connectivity index (χ0n) is 64.9. The third kappa shape index (κ3) is 23.8. The number of imide groups is 9. The molecule has 6 aliphatic rings. The number of aromatic hydroxyl groups is 1. The molecule has 0 bridgehead atoms. The monoisotopic (exact) mass is 1570 g/mol. The first kappa shape index (κ1) is 87.1. The van der Waals surface area contributed by atoms with E-state index in [-0.39, 0.29) is 86.7 Å². The predicted molar refractivity (Wildman–Crippen MR) is 407 cm³/mol. The number of likely N-dealkylation sites (tertiary alicyclic amines) is 3. The molecule has 0 radical (unpaired) electrons. The van der Waals surface area contributed by atoms with E-state index < -0.39 is 87.4 Å². The quantitative estimate of drug-likeness (QED) is 0.0562. The Labute approximate surface area is 645 Å². The molecule has 11 rings (SSSR count). The topological polar surface area (TPSA) is 344 Å². The molecular formula is C80H100BrN11O17. The van der Waals surface area contributed by atoms with Gasteiger partial charge in [-0.3, -0.25) is 33.6 Å². The molecule has 109 heavy (non-hydrogen) atoms. The van der Waals surface area contributed by atoms with Crippen molar-refractivity contribution in [1.82, 2.24) is 49.8 Å². The maximum atomic E-state index is 13.0. The third-order valence-electron chi connectivity index (χ3n) is 17.9. The lowest BCUT2D eigenvalue weighted by Crippen LogP contribution is -2.57. The summed E-state index contributed by atoms with van der Waals surface area (Å²) in [7, 11) is 6.93. The average molecular weight is 1570 g/mol. The molecule has 7 unspecified atom stereocenters. The summed E-state index contributed by atoms with van der Waals surface area (Å²) in [6.45, 7) is 24.3. The van der Waals surface area contributed by atoms with Gasteiger partial charge in [-0.1, -0.05) is 147 Å². The Kier molecular flexibility index (Phi) is 30.2. The standard InChI is InChI=1S/C21H27N3O5.C20H25N3O6.C11H14N2O.C10H14BrNO4.C10H12N2.C8H8O/c1-13-6-8-14(9-7-13)16-12-23(19(27)22(16)5)15-10-11-17(25)24(18(15)26)20(28)29-21(2,3)4;1-20(2,3)29-19(28)23-16(25)10-9-14(17(23)26)22-11-15(21(4)18(22)27)12-5-7-13(24)8-6-12;1-8-3-5-9(6-4-8)10-7-12-11(14)13(10)2;1-10(2,3)16-9(15)12-7(13)5-4-6(11)8(12)14;1-8-3-5-9(6-4-8)10(7-11)12-2;1-7-2-4-8(6-9)5-3-7/h6-9,15-16H,10-12H2,1-5H3;5-8,14-15,24H,9-11H2,1-4H3;3-6,10H,7H2,1-2H3,(H,12,14);6H,4-5H2,1-3H3;3-6,10,12H,1-2H3;2-6H,1H3. The smallest absolute Gasteiger partial charge is 0.424 e. The number of likely N-dealkylation sites (N-methyl/N-ethyl adjacent to an activating group) is 3. The van der Waals surface area contributed by atoms with Crippen molar-refractivity contribution in [3.05, 3.63) is 171 Å². The molecule has 0 aliphatic carbocycles. The molecule has 6 aliphatic heterocycles. The molecule has 7 atom stereocenters. The number of benzene rings is 5. The summed E-state index contributed by atoms with van der Waals surface area (Å²) in [5, 5.41) is 24.0. The van der Waals surface area contributed by atoms with Crippen LogP contribution in [0.15, 0.2) is 121 Å². The highest BCUT2D eigenvalue weighted by Crippen LogP contribution is 2.36. The number of aryl methyl sites for hydroxylation is 4. The van der Waals surface area contributed by atoms with Crippen molar-refractivity contribution < 1.29 is 81.6 Å². The van der Waals surface area contributed by atoms with Crippen LogP contribution in [0.4, 0.5) is 28.8 Å². The van der Waals surface area contributed by atoms with Crippen molar-refractivity contribution in [3.8, 4) is 11.8 Å². The Morgan fingerprint density at radius 1 is 0.505 bits per heavy atom. The molecule has 0 aromatic heterocycles. The molecule has 0 spiro atoms. The normalized spacial score (nSPS) is 20.3. The number of rotatable bonds is 8. The van der Waals surface area contributed by atoms with Crippen LogP contribution in [-0.4, -0.2) is 204 Å². The van der Waals surface area contributed by atoms with Gasteiger partial charge >= 0.3 is 36.4 Å². The van der Waals surface area contributed by atoms with Crippen molar-refractivity contribution in [3.63, 3.8) is 0 Å². The van der Waals surface area contributed by atoms with Gasteiger partial charge in [-0.05, 0) is 151 Å². The van der Waals surface area contributed by atoms with Gasteiger partial charge in [0.2, 0.25) is 17.7 Å². The lowest BCUT2D eigenvalue weighted by atomic mass is 10.0. The second-order valence-electron chi connectivity index (χ2n) is 29.9.